The largest absolute Gasteiger partial charge is 0.342 e. The number of carbonyl (C=O) groups excluding carboxylic acids is 1. The maximum absolute atomic E-state index is 12.6. The molecule has 0 spiro atoms. The van der Waals surface area contributed by atoms with E-state index >= 15 is 0 Å². The first-order valence-corrected chi connectivity index (χ1v) is 7.97. The molecule has 0 aromatic heterocycles. The molecule has 2 nitrogen and oxygen atoms in total. The number of fused-ring (bicyclic) bond motifs is 3. The van der Waals surface area contributed by atoms with Gasteiger partial charge < -0.3 is 4.90 Å². The van der Waals surface area contributed by atoms with E-state index in [1.165, 1.54) is 51.4 Å². The van der Waals surface area contributed by atoms with Crippen molar-refractivity contribution in [3.05, 3.63) is 0 Å². The van der Waals surface area contributed by atoms with Gasteiger partial charge in [-0.1, -0.05) is 32.6 Å². The fraction of sp³-hybridized carbons (Fsp3) is 0.938. The van der Waals surface area contributed by atoms with Crippen LogP contribution in [0.25, 0.3) is 0 Å². The van der Waals surface area contributed by atoms with E-state index in [1.807, 2.05) is 0 Å². The van der Waals surface area contributed by atoms with E-state index < -0.39 is 0 Å². The van der Waals surface area contributed by atoms with Crippen molar-refractivity contribution in [2.75, 3.05) is 7.05 Å². The van der Waals surface area contributed by atoms with Gasteiger partial charge in [-0.2, -0.15) is 0 Å². The molecular formula is C16H27NO. The molecule has 1 heterocycles. The fourth-order valence-electron chi connectivity index (χ4n) is 5.13. The molecule has 2 heteroatoms. The van der Waals surface area contributed by atoms with Gasteiger partial charge in [-0.15, -0.1) is 0 Å². The predicted molar refractivity (Wildman–Crippen MR) is 73.1 cm³/mol. The van der Waals surface area contributed by atoms with Gasteiger partial charge in [-0.25, -0.2) is 0 Å². The number of nitrogens with zero attached hydrogens (tertiary/aromatic N) is 1. The molecule has 1 saturated heterocycles. The summed E-state index contributed by atoms with van der Waals surface area (Å²) >= 11 is 0. The lowest BCUT2D eigenvalue weighted by molar-refractivity contribution is -0.137. The Kier molecular flexibility index (Phi) is 3.38. The van der Waals surface area contributed by atoms with Crippen LogP contribution >= 0.6 is 0 Å². The number of rotatable bonds is 0. The summed E-state index contributed by atoms with van der Waals surface area (Å²) in [6, 6.07) is 0.557. The third-order valence-electron chi connectivity index (χ3n) is 6.08. The molecule has 5 unspecified atom stereocenters. The molecule has 5 atom stereocenters. The molecule has 0 N–H and O–H groups in total. The highest BCUT2D eigenvalue weighted by atomic mass is 16.2. The second-order valence-corrected chi connectivity index (χ2v) is 6.87. The molecule has 2 aliphatic carbocycles. The van der Waals surface area contributed by atoms with Crippen LogP contribution in [0.15, 0.2) is 0 Å². The standard InChI is InChI=1S/C16H27NO/c1-11-12-7-3-4-8-13(12)14-9-5-6-10-15(14)17(2)16(11)18/h11-15H,3-10H2,1-2H3. The Labute approximate surface area is 111 Å². The molecule has 2 saturated carbocycles. The van der Waals surface area contributed by atoms with Crippen molar-refractivity contribution in [1.29, 1.82) is 0 Å². The summed E-state index contributed by atoms with van der Waals surface area (Å²) in [5.41, 5.74) is 0. The molecule has 0 aromatic rings. The first kappa shape index (κ1) is 12.5. The maximum Gasteiger partial charge on any atom is 0.225 e. The predicted octanol–water partition coefficient (Wildman–Crippen LogP) is 3.46. The maximum atomic E-state index is 12.6. The Morgan fingerprint density at radius 1 is 0.889 bits per heavy atom. The first-order valence-electron chi connectivity index (χ1n) is 7.97. The normalized spacial score (nSPS) is 45.1. The summed E-state index contributed by atoms with van der Waals surface area (Å²) < 4.78 is 0. The fourth-order valence-corrected chi connectivity index (χ4v) is 5.13. The lowest BCUT2D eigenvalue weighted by Crippen LogP contribution is -2.44. The zero-order chi connectivity index (χ0) is 12.7. The van der Waals surface area contributed by atoms with E-state index in [4.69, 9.17) is 0 Å². The van der Waals surface area contributed by atoms with E-state index in [0.29, 0.717) is 17.9 Å². The Morgan fingerprint density at radius 2 is 1.44 bits per heavy atom. The number of hydrogen-bond acceptors (Lipinski definition) is 1. The third kappa shape index (κ3) is 1.88. The molecule has 18 heavy (non-hydrogen) atoms. The van der Waals surface area contributed by atoms with Crippen molar-refractivity contribution in [3.8, 4) is 0 Å². The molecule has 3 aliphatic rings. The smallest absolute Gasteiger partial charge is 0.225 e. The number of likely N-dealkylation sites (tertiary alicyclic amines) is 1. The van der Waals surface area contributed by atoms with Crippen LogP contribution in [0.2, 0.25) is 0 Å². The minimum atomic E-state index is 0.269. The van der Waals surface area contributed by atoms with Crippen molar-refractivity contribution in [1.82, 2.24) is 4.90 Å². The highest BCUT2D eigenvalue weighted by molar-refractivity contribution is 5.79. The topological polar surface area (TPSA) is 20.3 Å². The SMILES string of the molecule is CC1C(=O)N(C)C2CCCCC2C2CCCCC12. The van der Waals surface area contributed by atoms with E-state index in [2.05, 4.69) is 18.9 Å². The van der Waals surface area contributed by atoms with Gasteiger partial charge in [0.15, 0.2) is 0 Å². The van der Waals surface area contributed by atoms with Gasteiger partial charge in [0.05, 0.1) is 0 Å². The van der Waals surface area contributed by atoms with E-state index in [1.54, 1.807) is 0 Å². The van der Waals surface area contributed by atoms with Gasteiger partial charge in [0.2, 0.25) is 5.91 Å². The third-order valence-corrected chi connectivity index (χ3v) is 6.08. The van der Waals surface area contributed by atoms with E-state index in [-0.39, 0.29) is 5.92 Å². The van der Waals surface area contributed by atoms with Gasteiger partial charge >= 0.3 is 0 Å². The summed E-state index contributed by atoms with van der Waals surface area (Å²) in [4.78, 5) is 14.7. The zero-order valence-electron chi connectivity index (χ0n) is 11.9. The monoisotopic (exact) mass is 249 g/mol. The van der Waals surface area contributed by atoms with E-state index in [9.17, 15) is 4.79 Å². The molecule has 1 amide bonds. The molecule has 3 fully saturated rings. The number of hydrogen-bond donors (Lipinski definition) is 0. The average molecular weight is 249 g/mol. The summed E-state index contributed by atoms with van der Waals surface area (Å²) in [6.07, 6.45) is 10.8. The minimum Gasteiger partial charge on any atom is -0.342 e. The second kappa shape index (κ2) is 4.86. The Balaban J connectivity index is 1.93. The van der Waals surface area contributed by atoms with Crippen LogP contribution in [0.3, 0.4) is 0 Å². The Morgan fingerprint density at radius 3 is 2.17 bits per heavy atom. The highest BCUT2D eigenvalue weighted by Gasteiger charge is 2.46. The van der Waals surface area contributed by atoms with Crippen LogP contribution in [0, 0.1) is 23.7 Å². The quantitative estimate of drug-likeness (QED) is 0.644. The molecule has 102 valence electrons. The van der Waals surface area contributed by atoms with Gasteiger partial charge in [0.25, 0.3) is 0 Å². The van der Waals surface area contributed by atoms with Crippen molar-refractivity contribution >= 4 is 5.91 Å². The van der Waals surface area contributed by atoms with Crippen LogP contribution in [-0.4, -0.2) is 23.9 Å². The van der Waals surface area contributed by atoms with E-state index in [0.717, 1.165) is 11.8 Å². The Hall–Kier alpha value is -0.530. The van der Waals surface area contributed by atoms with Gasteiger partial charge in [-0.3, -0.25) is 4.79 Å². The minimum absolute atomic E-state index is 0.269. The molecule has 0 aromatic carbocycles. The van der Waals surface area contributed by atoms with Crippen LogP contribution < -0.4 is 0 Å². The average Bonchev–Trinajstić information content (AvgIpc) is 2.51. The highest BCUT2D eigenvalue weighted by Crippen LogP contribution is 2.48. The first-order chi connectivity index (χ1) is 8.70. The van der Waals surface area contributed by atoms with Crippen LogP contribution in [0.5, 0.6) is 0 Å². The Bertz CT molecular complexity index is 297. The van der Waals surface area contributed by atoms with Gasteiger partial charge in [0.1, 0.15) is 0 Å². The van der Waals surface area contributed by atoms with Gasteiger partial charge in [0, 0.05) is 19.0 Å². The molecule has 0 radical (unpaired) electrons. The lowest BCUT2D eigenvalue weighted by Gasteiger charge is -2.42. The zero-order valence-corrected chi connectivity index (χ0v) is 11.9. The summed E-state index contributed by atoms with van der Waals surface area (Å²) in [6.45, 7) is 2.19. The lowest BCUT2D eigenvalue weighted by atomic mass is 9.64. The summed E-state index contributed by atoms with van der Waals surface area (Å²) in [5, 5.41) is 0. The van der Waals surface area contributed by atoms with Crippen molar-refractivity contribution in [2.24, 2.45) is 23.7 Å². The second-order valence-electron chi connectivity index (χ2n) is 6.87. The van der Waals surface area contributed by atoms with Crippen molar-refractivity contribution in [2.45, 2.75) is 64.3 Å². The molecule has 0 bridgehead atoms. The summed E-state index contributed by atoms with van der Waals surface area (Å²) in [7, 11) is 2.07. The van der Waals surface area contributed by atoms with Gasteiger partial charge in [-0.05, 0) is 43.4 Å². The van der Waals surface area contributed by atoms with Crippen LogP contribution in [0.1, 0.15) is 58.3 Å². The van der Waals surface area contributed by atoms with Crippen LogP contribution in [-0.2, 0) is 4.79 Å². The molecule has 3 rings (SSSR count). The summed E-state index contributed by atoms with van der Waals surface area (Å²) in [5.74, 6) is 3.03. The van der Waals surface area contributed by atoms with Crippen molar-refractivity contribution in [3.63, 3.8) is 0 Å². The number of amides is 1. The van der Waals surface area contributed by atoms with Crippen LogP contribution in [0.4, 0.5) is 0 Å². The number of carbonyl (C=O) groups is 1. The molecular weight excluding hydrogens is 222 g/mol. The molecule has 1 aliphatic heterocycles. The van der Waals surface area contributed by atoms with Crippen molar-refractivity contribution < 1.29 is 4.79 Å².